The molecule has 1 aliphatic rings. The van der Waals surface area contributed by atoms with Gasteiger partial charge in [0.15, 0.2) is 0 Å². The maximum absolute atomic E-state index is 12.5. The lowest BCUT2D eigenvalue weighted by Crippen LogP contribution is -2.31. The Morgan fingerprint density at radius 2 is 2.12 bits per heavy atom. The molecule has 0 radical (unpaired) electrons. The summed E-state index contributed by atoms with van der Waals surface area (Å²) in [7, 11) is 0. The number of aromatic nitrogens is 2. The van der Waals surface area contributed by atoms with Crippen LogP contribution in [0.1, 0.15) is 23.2 Å². The van der Waals surface area contributed by atoms with E-state index >= 15 is 0 Å². The van der Waals surface area contributed by atoms with Crippen LogP contribution in [0.3, 0.4) is 0 Å². The van der Waals surface area contributed by atoms with E-state index < -0.39 is 0 Å². The van der Waals surface area contributed by atoms with Crippen LogP contribution in [-0.4, -0.2) is 45.4 Å². The summed E-state index contributed by atoms with van der Waals surface area (Å²) in [6.45, 7) is 1.83. The second kappa shape index (κ2) is 10.2. The summed E-state index contributed by atoms with van der Waals surface area (Å²) in [5.41, 5.74) is 7.04. The molecule has 9 heteroatoms. The number of aryl methyl sites for hydroxylation is 1. The second-order valence-corrected chi connectivity index (χ2v) is 5.98. The minimum atomic E-state index is -0.100. The topological polar surface area (TPSA) is 93.3 Å². The van der Waals surface area contributed by atoms with Gasteiger partial charge in [-0.1, -0.05) is 6.07 Å². The number of nitrogens with zero attached hydrogens (tertiary/aromatic N) is 3. The zero-order valence-corrected chi connectivity index (χ0v) is 15.8. The van der Waals surface area contributed by atoms with Crippen molar-refractivity contribution in [2.24, 2.45) is 5.73 Å². The highest BCUT2D eigenvalue weighted by atomic mass is 35.5. The fourth-order valence-electron chi connectivity index (χ4n) is 2.76. The average Bonchev–Trinajstić information content (AvgIpc) is 3.24. The van der Waals surface area contributed by atoms with Gasteiger partial charge in [0.1, 0.15) is 0 Å². The molecule has 0 bridgehead atoms. The largest absolute Gasteiger partial charge is 0.337 e. The van der Waals surface area contributed by atoms with E-state index in [0.717, 1.165) is 6.42 Å². The number of hydrogen-bond donors (Lipinski definition) is 2. The van der Waals surface area contributed by atoms with Gasteiger partial charge in [-0.25, -0.2) is 4.98 Å². The summed E-state index contributed by atoms with van der Waals surface area (Å²) in [6.07, 6.45) is 6.34. The fourth-order valence-corrected chi connectivity index (χ4v) is 2.76. The highest BCUT2D eigenvalue weighted by molar-refractivity contribution is 5.97. The number of hydrogen-bond acceptors (Lipinski definition) is 4. The van der Waals surface area contributed by atoms with Crippen molar-refractivity contribution in [3.05, 3.63) is 48.5 Å². The maximum Gasteiger partial charge on any atom is 0.253 e. The van der Waals surface area contributed by atoms with Gasteiger partial charge in [-0.2, -0.15) is 0 Å². The lowest BCUT2D eigenvalue weighted by molar-refractivity contribution is -0.116. The van der Waals surface area contributed by atoms with E-state index in [1.54, 1.807) is 41.7 Å². The molecule has 2 amide bonds. The molecule has 3 N–H and O–H groups in total. The van der Waals surface area contributed by atoms with Crippen LogP contribution < -0.4 is 11.1 Å². The van der Waals surface area contributed by atoms with E-state index in [4.69, 9.17) is 5.73 Å². The van der Waals surface area contributed by atoms with Gasteiger partial charge < -0.3 is 20.5 Å². The highest BCUT2D eigenvalue weighted by Gasteiger charge is 2.24. The molecule has 142 valence electrons. The van der Waals surface area contributed by atoms with Crippen LogP contribution in [0, 0.1) is 0 Å². The Kier molecular flexibility index (Phi) is 8.57. The molecule has 2 aromatic rings. The van der Waals surface area contributed by atoms with Crippen LogP contribution in [-0.2, 0) is 11.3 Å². The van der Waals surface area contributed by atoms with Crippen LogP contribution in [0.25, 0.3) is 0 Å². The van der Waals surface area contributed by atoms with Gasteiger partial charge in [-0.15, -0.1) is 24.8 Å². The van der Waals surface area contributed by atoms with Gasteiger partial charge in [0.25, 0.3) is 5.91 Å². The Labute approximate surface area is 164 Å². The lowest BCUT2D eigenvalue weighted by Gasteiger charge is -2.16. The van der Waals surface area contributed by atoms with Crippen LogP contribution >= 0.6 is 24.8 Å². The number of imidazole rings is 1. The van der Waals surface area contributed by atoms with Crippen molar-refractivity contribution in [2.45, 2.75) is 25.4 Å². The standard InChI is InChI=1S/C17H21N5O2.2ClH/c18-14-4-8-22(11-14)17(24)13-2-1-3-15(10-13)20-16(23)5-7-21-9-6-19-12-21;;/h1-3,6,9-10,12,14H,4-5,7-8,11,18H2,(H,20,23);2*1H/t14-;;/m1../s1. The first-order valence-electron chi connectivity index (χ1n) is 8.02. The Hall–Kier alpha value is -2.09. The third-order valence-electron chi connectivity index (χ3n) is 4.06. The third kappa shape index (κ3) is 5.72. The zero-order valence-electron chi connectivity index (χ0n) is 14.2. The van der Waals surface area contributed by atoms with Crippen LogP contribution in [0.4, 0.5) is 5.69 Å². The van der Waals surface area contributed by atoms with E-state index in [9.17, 15) is 9.59 Å². The number of carbonyl (C=O) groups is 2. The first-order chi connectivity index (χ1) is 11.6. The molecular formula is C17H23Cl2N5O2. The first kappa shape index (κ1) is 22.0. The van der Waals surface area contributed by atoms with Gasteiger partial charge in [0, 0.05) is 55.7 Å². The molecule has 0 saturated carbocycles. The van der Waals surface area contributed by atoms with Gasteiger partial charge >= 0.3 is 0 Å². The minimum Gasteiger partial charge on any atom is -0.337 e. The summed E-state index contributed by atoms with van der Waals surface area (Å²) in [4.78, 5) is 30.2. The van der Waals surface area contributed by atoms with Crippen molar-refractivity contribution < 1.29 is 9.59 Å². The number of nitrogens with one attached hydrogen (secondary N) is 1. The molecule has 1 aromatic heterocycles. The molecule has 7 nitrogen and oxygen atoms in total. The van der Waals surface area contributed by atoms with Gasteiger partial charge in [0.2, 0.25) is 5.91 Å². The summed E-state index contributed by atoms with van der Waals surface area (Å²) < 4.78 is 1.84. The van der Waals surface area contributed by atoms with Crippen LogP contribution in [0.15, 0.2) is 43.0 Å². The van der Waals surface area contributed by atoms with Gasteiger partial charge in [0.05, 0.1) is 6.33 Å². The zero-order chi connectivity index (χ0) is 16.9. The molecule has 1 saturated heterocycles. The van der Waals surface area contributed by atoms with E-state index in [-0.39, 0.29) is 42.7 Å². The number of nitrogens with two attached hydrogens (primary N) is 1. The van der Waals surface area contributed by atoms with E-state index in [2.05, 4.69) is 10.3 Å². The Bertz CT molecular complexity index is 724. The number of halogens is 2. The van der Waals surface area contributed by atoms with Crippen LogP contribution in [0.5, 0.6) is 0 Å². The van der Waals surface area contributed by atoms with Crippen molar-refractivity contribution in [2.75, 3.05) is 18.4 Å². The molecule has 0 aliphatic carbocycles. The SMILES string of the molecule is Cl.Cl.N[C@@H]1CCN(C(=O)c2cccc(NC(=O)CCn3ccnc3)c2)C1. The van der Waals surface area contributed by atoms with Crippen molar-refractivity contribution in [3.8, 4) is 0 Å². The maximum atomic E-state index is 12.5. The number of carbonyl (C=O) groups excluding carboxylic acids is 2. The quantitative estimate of drug-likeness (QED) is 0.802. The fraction of sp³-hybridized carbons (Fsp3) is 0.353. The molecule has 0 unspecified atom stereocenters. The predicted octanol–water partition coefficient (Wildman–Crippen LogP) is 1.93. The van der Waals surface area contributed by atoms with E-state index in [1.165, 1.54) is 0 Å². The molecule has 0 spiro atoms. The number of benzene rings is 1. The number of likely N-dealkylation sites (tertiary alicyclic amines) is 1. The van der Waals surface area contributed by atoms with Gasteiger partial charge in [-0.05, 0) is 24.6 Å². The molecule has 3 rings (SSSR count). The van der Waals surface area contributed by atoms with Crippen molar-refractivity contribution >= 4 is 42.3 Å². The Morgan fingerprint density at radius 3 is 2.77 bits per heavy atom. The first-order valence-corrected chi connectivity index (χ1v) is 8.02. The Morgan fingerprint density at radius 1 is 1.31 bits per heavy atom. The average molecular weight is 400 g/mol. The smallest absolute Gasteiger partial charge is 0.253 e. The second-order valence-electron chi connectivity index (χ2n) is 5.98. The third-order valence-corrected chi connectivity index (χ3v) is 4.06. The normalized spacial score (nSPS) is 15.7. The summed E-state index contributed by atoms with van der Waals surface area (Å²) >= 11 is 0. The minimum absolute atomic E-state index is 0. The molecule has 1 fully saturated rings. The van der Waals surface area contributed by atoms with E-state index in [0.29, 0.717) is 37.3 Å². The number of amides is 2. The summed E-state index contributed by atoms with van der Waals surface area (Å²) in [6, 6.07) is 7.07. The molecule has 2 heterocycles. The molecule has 1 aromatic carbocycles. The van der Waals surface area contributed by atoms with Crippen molar-refractivity contribution in [1.82, 2.24) is 14.5 Å². The summed E-state index contributed by atoms with van der Waals surface area (Å²) in [5, 5.41) is 2.83. The monoisotopic (exact) mass is 399 g/mol. The molecule has 26 heavy (non-hydrogen) atoms. The molecule has 1 aliphatic heterocycles. The molecule has 1 atom stereocenters. The number of anilines is 1. The highest BCUT2D eigenvalue weighted by Crippen LogP contribution is 2.16. The molecular weight excluding hydrogens is 377 g/mol. The number of rotatable bonds is 5. The van der Waals surface area contributed by atoms with Gasteiger partial charge in [-0.3, -0.25) is 9.59 Å². The van der Waals surface area contributed by atoms with Crippen molar-refractivity contribution in [3.63, 3.8) is 0 Å². The van der Waals surface area contributed by atoms with Crippen molar-refractivity contribution in [1.29, 1.82) is 0 Å². The Balaban J connectivity index is 0.00000169. The van der Waals surface area contributed by atoms with E-state index in [1.807, 2.05) is 10.8 Å². The predicted molar refractivity (Wildman–Crippen MR) is 105 cm³/mol. The lowest BCUT2D eigenvalue weighted by atomic mass is 10.1. The summed E-state index contributed by atoms with van der Waals surface area (Å²) in [5.74, 6) is -0.144. The van der Waals surface area contributed by atoms with Crippen LogP contribution in [0.2, 0.25) is 0 Å².